The maximum atomic E-state index is 12.5. The lowest BCUT2D eigenvalue weighted by atomic mass is 10.1. The molecule has 0 saturated carbocycles. The number of nitrogens with one attached hydrogen (secondary N) is 1. The number of benzene rings is 1. The van der Waals surface area contributed by atoms with Crippen LogP contribution < -0.4 is 4.72 Å². The van der Waals surface area contributed by atoms with E-state index in [2.05, 4.69) is 14.4 Å². The Morgan fingerprint density at radius 3 is 2.48 bits per heavy atom. The lowest BCUT2D eigenvalue weighted by molar-refractivity contribution is -0.155. The highest BCUT2D eigenvalue weighted by atomic mass is 32.2. The van der Waals surface area contributed by atoms with Gasteiger partial charge in [0, 0.05) is 12.6 Å². The summed E-state index contributed by atoms with van der Waals surface area (Å²) in [6.07, 6.45) is -3.41. The van der Waals surface area contributed by atoms with Gasteiger partial charge in [0.15, 0.2) is 5.76 Å². The van der Waals surface area contributed by atoms with E-state index in [0.29, 0.717) is 18.9 Å². The fourth-order valence-corrected chi connectivity index (χ4v) is 3.34. The van der Waals surface area contributed by atoms with Crippen molar-refractivity contribution in [2.45, 2.75) is 24.1 Å². The number of rotatable bonds is 7. The van der Waals surface area contributed by atoms with E-state index in [-0.39, 0.29) is 18.0 Å². The van der Waals surface area contributed by atoms with E-state index in [9.17, 15) is 21.6 Å². The van der Waals surface area contributed by atoms with Crippen molar-refractivity contribution in [2.24, 2.45) is 0 Å². The first kappa shape index (κ1) is 19.2. The largest absolute Gasteiger partial charge is 0.452 e. The second-order valence-corrected chi connectivity index (χ2v) is 7.38. The molecule has 1 N–H and O–H groups in total. The fourth-order valence-electron chi connectivity index (χ4n) is 2.34. The molecule has 0 amide bonds. The monoisotopic (exact) mass is 400 g/mol. The van der Waals surface area contributed by atoms with Gasteiger partial charge in [-0.2, -0.15) is 13.2 Å². The van der Waals surface area contributed by atoms with E-state index in [0.717, 1.165) is 11.6 Å². The number of halogens is 3. The van der Waals surface area contributed by atoms with Gasteiger partial charge in [0.1, 0.15) is 5.69 Å². The number of sulfonamides is 1. The lowest BCUT2D eigenvalue weighted by Crippen LogP contribution is -2.24. The van der Waals surface area contributed by atoms with Gasteiger partial charge in [-0.05, 0) is 30.5 Å². The van der Waals surface area contributed by atoms with E-state index in [4.69, 9.17) is 4.42 Å². The molecular weight excluding hydrogens is 385 g/mol. The summed E-state index contributed by atoms with van der Waals surface area (Å²) >= 11 is 0. The van der Waals surface area contributed by atoms with Gasteiger partial charge < -0.3 is 8.94 Å². The number of furan rings is 1. The molecule has 10 heteroatoms. The Morgan fingerprint density at radius 1 is 1.07 bits per heavy atom. The molecule has 0 aliphatic carbocycles. The molecule has 0 aliphatic rings. The van der Waals surface area contributed by atoms with Crippen LogP contribution in [0.5, 0.6) is 0 Å². The normalized spacial score (nSPS) is 12.4. The molecule has 1 aromatic carbocycles. The zero-order valence-corrected chi connectivity index (χ0v) is 14.7. The van der Waals surface area contributed by atoms with Crippen molar-refractivity contribution in [3.8, 4) is 11.5 Å². The molecule has 0 radical (unpaired) electrons. The highest BCUT2D eigenvalue weighted by Crippen LogP contribution is 2.33. The number of nitrogens with zero attached hydrogens (tertiary/aromatic N) is 1. The van der Waals surface area contributed by atoms with Crippen molar-refractivity contribution in [1.29, 1.82) is 0 Å². The van der Waals surface area contributed by atoms with Crippen molar-refractivity contribution in [2.75, 3.05) is 6.54 Å². The van der Waals surface area contributed by atoms with Crippen molar-refractivity contribution < 1.29 is 30.5 Å². The molecule has 6 nitrogen and oxygen atoms in total. The Bertz CT molecular complexity index is 995. The van der Waals surface area contributed by atoms with Crippen molar-refractivity contribution >= 4 is 10.0 Å². The minimum Gasteiger partial charge on any atom is -0.441 e. The van der Waals surface area contributed by atoms with Crippen LogP contribution in [0.1, 0.15) is 17.7 Å². The fraction of sp³-hybridized carbons (Fsp3) is 0.235. The van der Waals surface area contributed by atoms with Crippen molar-refractivity contribution in [3.05, 3.63) is 59.9 Å². The third kappa shape index (κ3) is 4.77. The summed E-state index contributed by atoms with van der Waals surface area (Å²) in [7, 11) is -3.92. The van der Waals surface area contributed by atoms with E-state index in [1.807, 2.05) is 30.3 Å². The Balaban J connectivity index is 1.61. The maximum Gasteiger partial charge on any atom is 0.452 e. The van der Waals surface area contributed by atoms with Crippen LogP contribution in [0.15, 0.2) is 62.6 Å². The first-order chi connectivity index (χ1) is 12.8. The smallest absolute Gasteiger partial charge is 0.441 e. The summed E-state index contributed by atoms with van der Waals surface area (Å²) < 4.78 is 73.8. The summed E-state index contributed by atoms with van der Waals surface area (Å²) in [5.74, 6) is -1.43. The Kier molecular flexibility index (Phi) is 5.38. The molecular formula is C17H15F3N2O4S. The second-order valence-electron chi connectivity index (χ2n) is 5.68. The quantitative estimate of drug-likeness (QED) is 0.609. The minimum absolute atomic E-state index is 0.140. The molecule has 144 valence electrons. The lowest BCUT2D eigenvalue weighted by Gasteiger charge is -2.04. The third-order valence-corrected chi connectivity index (χ3v) is 5.00. The van der Waals surface area contributed by atoms with E-state index in [1.54, 1.807) is 0 Å². The zero-order chi connectivity index (χ0) is 19.5. The predicted octanol–water partition coefficient (Wildman–Crippen LogP) is 3.86. The highest BCUT2D eigenvalue weighted by Gasteiger charge is 2.36. The molecule has 27 heavy (non-hydrogen) atoms. The molecule has 2 aromatic heterocycles. The minimum atomic E-state index is -4.69. The zero-order valence-electron chi connectivity index (χ0n) is 13.9. The Morgan fingerprint density at radius 2 is 1.81 bits per heavy atom. The molecule has 0 unspecified atom stereocenters. The first-order valence-corrected chi connectivity index (χ1v) is 9.42. The molecule has 0 atom stereocenters. The third-order valence-electron chi connectivity index (χ3n) is 3.67. The molecule has 0 fully saturated rings. The van der Waals surface area contributed by atoms with Crippen LogP contribution in [0.4, 0.5) is 13.2 Å². The summed E-state index contributed by atoms with van der Waals surface area (Å²) in [5, 5.41) is 2.84. The Hall–Kier alpha value is -2.59. The maximum absolute atomic E-state index is 12.5. The van der Waals surface area contributed by atoms with Crippen LogP contribution in [0.3, 0.4) is 0 Å². The molecule has 3 rings (SSSR count). The molecule has 0 aliphatic heterocycles. The predicted molar refractivity (Wildman–Crippen MR) is 89.2 cm³/mol. The van der Waals surface area contributed by atoms with Crippen LogP contribution in [0.25, 0.3) is 11.5 Å². The van der Waals surface area contributed by atoms with E-state index in [1.165, 1.54) is 6.07 Å². The van der Waals surface area contributed by atoms with E-state index >= 15 is 0 Å². The summed E-state index contributed by atoms with van der Waals surface area (Å²) in [6, 6.07) is 12.6. The Labute approximate surface area is 153 Å². The van der Waals surface area contributed by atoms with Gasteiger partial charge in [-0.1, -0.05) is 35.5 Å². The number of hydrogen-bond donors (Lipinski definition) is 1. The van der Waals surface area contributed by atoms with Gasteiger partial charge in [-0.3, -0.25) is 0 Å². The topological polar surface area (TPSA) is 85.3 Å². The molecule has 2 heterocycles. The number of hydrogen-bond acceptors (Lipinski definition) is 5. The molecule has 0 saturated heterocycles. The standard InChI is InChI=1S/C17H15F3N2O4S/c18-17(19,20)15-11-13(22-26-15)14-8-9-16(25-14)27(23,24)21-10-4-7-12-5-2-1-3-6-12/h1-3,5-6,8-9,11,21H,4,7,10H2. The number of aryl methyl sites for hydroxylation is 1. The number of alkyl halides is 3. The first-order valence-electron chi connectivity index (χ1n) is 7.93. The van der Waals surface area contributed by atoms with E-state index < -0.39 is 27.1 Å². The van der Waals surface area contributed by atoms with Gasteiger partial charge in [0.05, 0.1) is 0 Å². The summed E-state index contributed by atoms with van der Waals surface area (Å²) in [4.78, 5) is 0. The second kappa shape index (κ2) is 7.57. The van der Waals surface area contributed by atoms with Gasteiger partial charge in [0.2, 0.25) is 10.9 Å². The average molecular weight is 400 g/mol. The van der Waals surface area contributed by atoms with Gasteiger partial charge in [0.25, 0.3) is 10.0 Å². The average Bonchev–Trinajstić information content (AvgIpc) is 3.28. The summed E-state index contributed by atoms with van der Waals surface area (Å²) in [5.41, 5.74) is 0.844. The summed E-state index contributed by atoms with van der Waals surface area (Å²) in [6.45, 7) is 0.190. The van der Waals surface area contributed by atoms with Crippen molar-refractivity contribution in [3.63, 3.8) is 0 Å². The molecule has 0 spiro atoms. The van der Waals surface area contributed by atoms with Crippen LogP contribution in [0, 0.1) is 0 Å². The van der Waals surface area contributed by atoms with Gasteiger partial charge in [-0.25, -0.2) is 13.1 Å². The van der Waals surface area contributed by atoms with Crippen LogP contribution >= 0.6 is 0 Å². The number of aromatic nitrogens is 1. The molecule has 3 aromatic rings. The van der Waals surface area contributed by atoms with Gasteiger partial charge >= 0.3 is 6.18 Å². The van der Waals surface area contributed by atoms with Crippen molar-refractivity contribution in [1.82, 2.24) is 9.88 Å². The van der Waals surface area contributed by atoms with Gasteiger partial charge in [-0.15, -0.1) is 0 Å². The SMILES string of the molecule is O=S(=O)(NCCCc1ccccc1)c1ccc(-c2cc(C(F)(F)F)on2)o1. The molecule has 0 bridgehead atoms. The van der Waals surface area contributed by atoms with Crippen LogP contribution in [-0.2, 0) is 22.6 Å². The van der Waals surface area contributed by atoms with Crippen LogP contribution in [-0.4, -0.2) is 20.1 Å². The highest BCUT2D eigenvalue weighted by molar-refractivity contribution is 7.89. The van der Waals surface area contributed by atoms with Crippen LogP contribution in [0.2, 0.25) is 0 Å².